The molecule has 0 heterocycles. The molecular formula is C49H138O20Si22. The summed E-state index contributed by atoms with van der Waals surface area (Å²) in [7, 11) is -59.7. The van der Waals surface area contributed by atoms with Crippen molar-refractivity contribution in [1.82, 2.24) is 0 Å². The predicted octanol–water partition coefficient (Wildman–Crippen LogP) is 17.4. The van der Waals surface area contributed by atoms with Crippen molar-refractivity contribution in [3.63, 3.8) is 0 Å². The van der Waals surface area contributed by atoms with Gasteiger partial charge in [-0.2, -0.15) is 0 Å². The van der Waals surface area contributed by atoms with Gasteiger partial charge in [-0.25, -0.2) is 0 Å². The minimum Gasteiger partial charge on any atom is -0.437 e. The van der Waals surface area contributed by atoms with Crippen molar-refractivity contribution in [3.05, 3.63) is 36.8 Å². The van der Waals surface area contributed by atoms with Gasteiger partial charge in [0, 0.05) is 0 Å². The maximum Gasteiger partial charge on any atom is 0.343 e. The van der Waals surface area contributed by atoms with E-state index in [0.717, 1.165) is 0 Å². The van der Waals surface area contributed by atoms with Gasteiger partial charge in [0.1, 0.15) is 0 Å². The summed E-state index contributed by atoms with van der Waals surface area (Å²) in [5.74, 6) is 0. The molecule has 0 aromatic carbocycles. The van der Waals surface area contributed by atoms with E-state index in [4.69, 9.17) is 82.3 Å². The smallest absolute Gasteiger partial charge is 0.343 e. The van der Waals surface area contributed by atoms with E-state index in [0.29, 0.717) is 0 Å². The van der Waals surface area contributed by atoms with E-state index >= 15 is 0 Å². The molecule has 0 bridgehead atoms. The van der Waals surface area contributed by atoms with Crippen molar-refractivity contribution in [3.8, 4) is 0 Å². The number of hydrogen-bond acceptors (Lipinski definition) is 20. The molecule has 0 saturated heterocycles. The standard InChI is InChI=1S/C49H138O20Si22/c1-47-89(44,68-90(45,48-2)69-91(46,49-3)71(7,8)9)67-88(42,43)66-87(40,41)65-86(38,39)64-85(36,37)63-84(34,35)62-83(32,33)61-82(30,31)60-81(28,29)59-80(26,27)58-79(24,25)57-78(22,23)56-77(20,21)55-76(18,19)54-75(16,17)53-74(14,15)52-73(12,13)51-72(10,11)50-70(4,5)6/h47-49H,1-3H2,4-46H3. The fourth-order valence-corrected chi connectivity index (χ4v) is 125. The molecule has 0 aromatic rings. The van der Waals surface area contributed by atoms with Crippen molar-refractivity contribution >= 4 is 186 Å². The first-order valence-corrected chi connectivity index (χ1v) is 95.1. The van der Waals surface area contributed by atoms with Gasteiger partial charge in [0.05, 0.1) is 7.59 Å². The van der Waals surface area contributed by atoms with Gasteiger partial charge in [-0.1, -0.05) is 36.7 Å². The monoisotopic (exact) mass is 1660 g/mol. The van der Waals surface area contributed by atoms with Gasteiger partial charge < -0.3 is 82.3 Å². The first-order valence-electron chi connectivity index (χ1n) is 32.0. The molecule has 0 rings (SSSR count). The maximum atomic E-state index is 6.99. The fraction of sp³-hybridized carbons (Fsp3) is 0.878. The van der Waals surface area contributed by atoms with Crippen molar-refractivity contribution < 1.29 is 82.3 Å². The molecule has 91 heavy (non-hydrogen) atoms. The van der Waals surface area contributed by atoms with Crippen LogP contribution < -0.4 is 0 Å². The Morgan fingerprint density at radius 1 is 0.154 bits per heavy atom. The van der Waals surface area contributed by atoms with Crippen LogP contribution in [-0.4, -0.2) is 186 Å². The third-order valence-electron chi connectivity index (χ3n) is 12.3. The highest BCUT2D eigenvalue weighted by Crippen LogP contribution is 2.36. The fourth-order valence-electron chi connectivity index (χ4n) is 12.6. The molecule has 542 valence electrons. The minimum absolute atomic E-state index is 1.73. The van der Waals surface area contributed by atoms with E-state index in [1.165, 1.54) is 0 Å². The van der Waals surface area contributed by atoms with E-state index in [1.807, 2.05) is 69.5 Å². The van der Waals surface area contributed by atoms with Crippen LogP contribution in [0.25, 0.3) is 0 Å². The Balaban J connectivity index is 5.96. The van der Waals surface area contributed by atoms with E-state index in [2.05, 4.69) is 249 Å². The van der Waals surface area contributed by atoms with Gasteiger partial charge in [-0.05, 0) is 262 Å². The van der Waals surface area contributed by atoms with Crippen LogP contribution in [0.4, 0.5) is 0 Å². The summed E-state index contributed by atoms with van der Waals surface area (Å²) in [5.41, 5.74) is 5.71. The van der Waals surface area contributed by atoms with Gasteiger partial charge in [-0.15, -0.1) is 19.7 Å². The highest BCUT2D eigenvalue weighted by Gasteiger charge is 2.56. The van der Waals surface area contributed by atoms with Crippen molar-refractivity contribution in [2.75, 3.05) is 0 Å². The molecule has 42 heteroatoms. The minimum atomic E-state index is -3.05. The van der Waals surface area contributed by atoms with Crippen LogP contribution in [0.2, 0.25) is 282 Å². The Hall–Kier alpha value is 3.19. The third kappa shape index (κ3) is 38.9. The average Bonchev–Trinajstić information content (AvgIpc) is 0.831. The summed E-state index contributed by atoms with van der Waals surface area (Å²) >= 11 is 0. The lowest BCUT2D eigenvalue weighted by molar-refractivity contribution is 0.250. The van der Waals surface area contributed by atoms with Crippen LogP contribution in [-0.2, 0) is 82.3 Å². The SMILES string of the molecule is C=C[Si](C)(O[Si](C)(C)O[Si](C)(C)O[Si](C)(C)O[Si](C)(C)O[Si](C)(C)O[Si](C)(C)O[Si](C)(C)O[Si](C)(C)O[Si](C)(C)O[Si](C)(C)O[Si](C)(C)O[Si](C)(C)O[Si](C)(C)O[Si](C)(C)O[Si](C)(C)O[Si](C)(C)O[Si](C)(C)O[Si](C)(C)C)O[Si](C)(C=C)O[Si](C)(C=C)[Si](C)(C)C. The summed E-state index contributed by atoms with van der Waals surface area (Å²) < 4.78 is 138. The predicted molar refractivity (Wildman–Crippen MR) is 431 cm³/mol. The molecule has 0 aromatic heterocycles. The van der Waals surface area contributed by atoms with Crippen LogP contribution in [0.1, 0.15) is 0 Å². The first-order chi connectivity index (χ1) is 39.1. The topological polar surface area (TPSA) is 185 Å². The van der Waals surface area contributed by atoms with Crippen LogP contribution in [0.5, 0.6) is 0 Å². The molecule has 3 unspecified atom stereocenters. The van der Waals surface area contributed by atoms with Crippen molar-refractivity contribution in [1.29, 1.82) is 0 Å². The van der Waals surface area contributed by atoms with Crippen LogP contribution >= 0.6 is 0 Å². The zero-order valence-electron chi connectivity index (χ0n) is 66.0. The Kier molecular flexibility index (Phi) is 32.8. The van der Waals surface area contributed by atoms with E-state index < -0.39 is 186 Å². The Morgan fingerprint density at radius 2 is 0.286 bits per heavy atom. The van der Waals surface area contributed by atoms with Gasteiger partial charge in [0.15, 0.2) is 16.2 Å². The Labute approximate surface area is 582 Å². The lowest BCUT2D eigenvalue weighted by Gasteiger charge is -2.46. The quantitative estimate of drug-likeness (QED) is 0.0524. The maximum absolute atomic E-state index is 6.99. The van der Waals surface area contributed by atoms with E-state index in [1.54, 1.807) is 0 Å². The summed E-state index contributed by atoms with van der Waals surface area (Å²) in [6.07, 6.45) is 0. The molecule has 0 amide bonds. The third-order valence-corrected chi connectivity index (χ3v) is 105. The second-order valence-electron chi connectivity index (χ2n) is 34.0. The van der Waals surface area contributed by atoms with Gasteiger partial charge in [0.25, 0.3) is 0 Å². The zero-order valence-corrected chi connectivity index (χ0v) is 88.0. The lowest BCUT2D eigenvalue weighted by Crippen LogP contribution is -2.65. The summed E-state index contributed by atoms with van der Waals surface area (Å²) in [6, 6.07) is 0. The summed E-state index contributed by atoms with van der Waals surface area (Å²) in [6.45, 7) is 102. The lowest BCUT2D eigenvalue weighted by atomic mass is 11.3. The molecule has 0 aliphatic rings. The molecule has 20 nitrogen and oxygen atoms in total. The van der Waals surface area contributed by atoms with Gasteiger partial charge in [-0.3, -0.25) is 0 Å². The molecule has 0 aliphatic carbocycles. The zero-order chi connectivity index (χ0) is 73.3. The summed E-state index contributed by atoms with van der Waals surface area (Å²) in [4.78, 5) is 0. The molecule has 0 saturated carbocycles. The number of hydrogen-bond donors (Lipinski definition) is 0. The molecule has 0 aliphatic heterocycles. The highest BCUT2D eigenvalue weighted by atomic mass is 29.3. The molecule has 0 spiro atoms. The molecule has 0 fully saturated rings. The Morgan fingerprint density at radius 3 is 0.407 bits per heavy atom. The number of rotatable bonds is 44. The highest BCUT2D eigenvalue weighted by molar-refractivity contribution is 7.41. The van der Waals surface area contributed by atoms with Crippen molar-refractivity contribution in [2.45, 2.75) is 282 Å². The summed E-state index contributed by atoms with van der Waals surface area (Å²) in [5, 5.41) is 0. The van der Waals surface area contributed by atoms with Gasteiger partial charge >= 0.3 is 163 Å². The van der Waals surface area contributed by atoms with E-state index in [9.17, 15) is 0 Å². The van der Waals surface area contributed by atoms with Gasteiger partial charge in [0.2, 0.25) is 0 Å². The molecule has 0 N–H and O–H groups in total. The van der Waals surface area contributed by atoms with Crippen LogP contribution in [0.15, 0.2) is 36.8 Å². The van der Waals surface area contributed by atoms with Crippen molar-refractivity contribution in [2.24, 2.45) is 0 Å². The molecule has 0 radical (unpaired) electrons. The van der Waals surface area contributed by atoms with Crippen LogP contribution in [0, 0.1) is 0 Å². The molecule has 3 atom stereocenters. The second-order valence-corrected chi connectivity index (χ2v) is 122. The second kappa shape index (κ2) is 31.7. The van der Waals surface area contributed by atoms with Crippen LogP contribution in [0.3, 0.4) is 0 Å². The average molecular weight is 1670 g/mol. The first kappa shape index (κ1) is 94.2. The largest absolute Gasteiger partial charge is 0.437 e. The van der Waals surface area contributed by atoms with E-state index in [-0.39, 0.29) is 0 Å². The normalized spacial score (nSPS) is 17.6. The molecular weight excluding hydrogens is 1530 g/mol. The Bertz CT molecular complexity index is 2400.